The molecule has 2 heterocycles. The molecule has 1 unspecified atom stereocenters. The van der Waals surface area contributed by atoms with Gasteiger partial charge >= 0.3 is 0 Å². The van der Waals surface area contributed by atoms with E-state index in [0.29, 0.717) is 17.9 Å². The molecule has 7 heteroatoms. The Labute approximate surface area is 164 Å². The average Bonchev–Trinajstić information content (AvgIpc) is 2.95. The summed E-state index contributed by atoms with van der Waals surface area (Å²) in [6, 6.07) is 11.4. The van der Waals surface area contributed by atoms with E-state index >= 15 is 0 Å². The predicted molar refractivity (Wildman–Crippen MR) is 106 cm³/mol. The lowest BCUT2D eigenvalue weighted by atomic mass is 9.97. The second-order valence-corrected chi connectivity index (χ2v) is 7.08. The van der Waals surface area contributed by atoms with Gasteiger partial charge in [-0.3, -0.25) is 19.8 Å². The van der Waals surface area contributed by atoms with Crippen molar-refractivity contribution >= 4 is 23.4 Å². The van der Waals surface area contributed by atoms with Crippen molar-refractivity contribution in [3.8, 4) is 6.07 Å². The third kappa shape index (κ3) is 4.59. The summed E-state index contributed by atoms with van der Waals surface area (Å²) in [6.45, 7) is 4.97. The molecule has 1 aliphatic rings. The Balaban J connectivity index is 1.56. The third-order valence-electron chi connectivity index (χ3n) is 5.03. The third-order valence-corrected chi connectivity index (χ3v) is 5.03. The molecule has 0 bridgehead atoms. The largest absolute Gasteiger partial charge is 0.444 e. The smallest absolute Gasteiger partial charge is 0.240 e. The van der Waals surface area contributed by atoms with Crippen LogP contribution in [0.2, 0.25) is 0 Å². The summed E-state index contributed by atoms with van der Waals surface area (Å²) in [5, 5.41) is 14.9. The van der Waals surface area contributed by atoms with Crippen LogP contribution < -0.4 is 10.6 Å². The van der Waals surface area contributed by atoms with E-state index in [1.807, 2.05) is 35.2 Å². The summed E-state index contributed by atoms with van der Waals surface area (Å²) in [7, 11) is 0. The summed E-state index contributed by atoms with van der Waals surface area (Å²) >= 11 is 0. The Kier molecular flexibility index (Phi) is 6.12. The normalized spacial score (nSPS) is 17.0. The average molecular weight is 380 g/mol. The molecule has 1 fully saturated rings. The number of furan rings is 1. The number of nitrogens with one attached hydrogen (secondary N) is 2. The number of nitriles is 1. The van der Waals surface area contributed by atoms with Crippen molar-refractivity contribution in [1.82, 2.24) is 4.90 Å². The summed E-state index contributed by atoms with van der Waals surface area (Å²) < 4.78 is 5.48. The fraction of sp³-hybridized carbons (Fsp3) is 0.381. The van der Waals surface area contributed by atoms with E-state index in [1.165, 1.54) is 0 Å². The van der Waals surface area contributed by atoms with Gasteiger partial charge in [0, 0.05) is 17.8 Å². The number of nitrogens with zero attached hydrogens (tertiary/aromatic N) is 2. The van der Waals surface area contributed by atoms with Gasteiger partial charge in [0.2, 0.25) is 17.7 Å². The van der Waals surface area contributed by atoms with E-state index in [2.05, 4.69) is 16.7 Å². The molecule has 1 aromatic carbocycles. The molecule has 0 spiro atoms. The summed E-state index contributed by atoms with van der Waals surface area (Å²) in [4.78, 5) is 26.9. The van der Waals surface area contributed by atoms with Crippen molar-refractivity contribution in [3.05, 3.63) is 47.2 Å². The van der Waals surface area contributed by atoms with Crippen molar-refractivity contribution in [1.29, 1.82) is 5.26 Å². The van der Waals surface area contributed by atoms with E-state index in [1.54, 1.807) is 13.8 Å². The van der Waals surface area contributed by atoms with Crippen molar-refractivity contribution < 1.29 is 14.0 Å². The molecule has 2 aromatic rings. The zero-order valence-corrected chi connectivity index (χ0v) is 16.1. The van der Waals surface area contributed by atoms with Gasteiger partial charge in [-0.1, -0.05) is 18.2 Å². The van der Waals surface area contributed by atoms with Crippen LogP contribution in [0.5, 0.6) is 0 Å². The number of aryl methyl sites for hydroxylation is 1. The van der Waals surface area contributed by atoms with Crippen LogP contribution in [-0.2, 0) is 9.59 Å². The second kappa shape index (κ2) is 8.72. The maximum atomic E-state index is 12.5. The highest BCUT2D eigenvalue weighted by Gasteiger charge is 2.27. The maximum Gasteiger partial charge on any atom is 0.240 e. The topological polar surface area (TPSA) is 98.4 Å². The number of piperidine rings is 1. The Morgan fingerprint density at radius 2 is 2.00 bits per heavy atom. The first-order chi connectivity index (χ1) is 13.5. The quantitative estimate of drug-likeness (QED) is 0.831. The van der Waals surface area contributed by atoms with Crippen LogP contribution in [0.1, 0.15) is 29.7 Å². The molecular formula is C21H24N4O3. The molecule has 1 aromatic heterocycles. The zero-order chi connectivity index (χ0) is 20.1. The van der Waals surface area contributed by atoms with Crippen LogP contribution in [0.4, 0.5) is 11.6 Å². The van der Waals surface area contributed by atoms with Crippen LogP contribution in [0.3, 0.4) is 0 Å². The van der Waals surface area contributed by atoms with Crippen LogP contribution in [0, 0.1) is 31.1 Å². The second-order valence-electron chi connectivity index (χ2n) is 7.08. The van der Waals surface area contributed by atoms with Crippen molar-refractivity contribution in [2.75, 3.05) is 30.3 Å². The number of para-hydroxylation sites is 1. The van der Waals surface area contributed by atoms with Gasteiger partial charge in [0.1, 0.15) is 17.4 Å². The standard InChI is InChI=1S/C21H24N4O3/c1-14-15(2)28-21(18(14)11-22)24-19(26)13-25-10-6-7-16(12-25)20(27)23-17-8-4-3-5-9-17/h3-5,8-9,16H,6-7,10,12-13H2,1-2H3,(H,23,27)(H,24,26). The first-order valence-corrected chi connectivity index (χ1v) is 9.36. The molecule has 7 nitrogen and oxygen atoms in total. The monoisotopic (exact) mass is 380 g/mol. The van der Waals surface area contributed by atoms with E-state index in [4.69, 9.17) is 4.42 Å². The van der Waals surface area contributed by atoms with Crippen LogP contribution in [-0.4, -0.2) is 36.3 Å². The number of hydrogen-bond acceptors (Lipinski definition) is 5. The molecule has 1 atom stereocenters. The van der Waals surface area contributed by atoms with E-state index in [9.17, 15) is 14.9 Å². The molecule has 0 saturated carbocycles. The number of benzene rings is 1. The molecule has 1 saturated heterocycles. The number of likely N-dealkylation sites (tertiary alicyclic amines) is 1. The summed E-state index contributed by atoms with van der Waals surface area (Å²) in [5.74, 6) is 0.361. The van der Waals surface area contributed by atoms with Gasteiger partial charge < -0.3 is 9.73 Å². The van der Waals surface area contributed by atoms with Gasteiger partial charge in [-0.2, -0.15) is 5.26 Å². The number of carbonyl (C=O) groups excluding carboxylic acids is 2. The molecule has 3 rings (SSSR count). The van der Waals surface area contributed by atoms with Gasteiger partial charge in [-0.05, 0) is 45.4 Å². The number of carbonyl (C=O) groups is 2. The molecule has 146 valence electrons. The highest BCUT2D eigenvalue weighted by Crippen LogP contribution is 2.25. The lowest BCUT2D eigenvalue weighted by Gasteiger charge is -2.31. The first-order valence-electron chi connectivity index (χ1n) is 9.36. The number of rotatable bonds is 5. The Morgan fingerprint density at radius 3 is 2.71 bits per heavy atom. The van der Waals surface area contributed by atoms with E-state index < -0.39 is 0 Å². The Morgan fingerprint density at radius 1 is 1.25 bits per heavy atom. The number of anilines is 2. The molecular weight excluding hydrogens is 356 g/mol. The fourth-order valence-electron chi connectivity index (χ4n) is 3.40. The van der Waals surface area contributed by atoms with Crippen LogP contribution >= 0.6 is 0 Å². The molecule has 1 aliphatic heterocycles. The molecule has 2 N–H and O–H groups in total. The molecule has 2 amide bonds. The summed E-state index contributed by atoms with van der Waals surface area (Å²) in [5.41, 5.74) is 1.85. The lowest BCUT2D eigenvalue weighted by molar-refractivity contribution is -0.123. The molecule has 0 aliphatic carbocycles. The predicted octanol–water partition coefficient (Wildman–Crippen LogP) is 3.06. The van der Waals surface area contributed by atoms with Gasteiger partial charge in [0.15, 0.2) is 0 Å². The van der Waals surface area contributed by atoms with Crippen LogP contribution in [0.25, 0.3) is 0 Å². The van der Waals surface area contributed by atoms with Crippen LogP contribution in [0.15, 0.2) is 34.7 Å². The molecule has 28 heavy (non-hydrogen) atoms. The minimum absolute atomic E-state index is 0.0274. The Bertz CT molecular complexity index is 898. The summed E-state index contributed by atoms with van der Waals surface area (Å²) in [6.07, 6.45) is 1.65. The zero-order valence-electron chi connectivity index (χ0n) is 16.1. The SMILES string of the molecule is Cc1oc(NC(=O)CN2CCCC(C(=O)Nc3ccccc3)C2)c(C#N)c1C. The number of hydrogen-bond donors (Lipinski definition) is 2. The first kappa shape index (κ1) is 19.6. The fourth-order valence-corrected chi connectivity index (χ4v) is 3.40. The van der Waals surface area contributed by atoms with Gasteiger partial charge in [0.05, 0.1) is 12.5 Å². The van der Waals surface area contributed by atoms with E-state index in [-0.39, 0.29) is 30.2 Å². The minimum atomic E-state index is -0.255. The van der Waals surface area contributed by atoms with Crippen molar-refractivity contribution in [3.63, 3.8) is 0 Å². The highest BCUT2D eigenvalue weighted by molar-refractivity contribution is 5.93. The van der Waals surface area contributed by atoms with Gasteiger partial charge in [-0.15, -0.1) is 0 Å². The van der Waals surface area contributed by atoms with Gasteiger partial charge in [-0.25, -0.2) is 0 Å². The van der Waals surface area contributed by atoms with E-state index in [0.717, 1.165) is 30.6 Å². The Hall–Kier alpha value is -3.11. The van der Waals surface area contributed by atoms with Crippen molar-refractivity contribution in [2.45, 2.75) is 26.7 Å². The molecule has 0 radical (unpaired) electrons. The number of amides is 2. The highest BCUT2D eigenvalue weighted by atomic mass is 16.4. The minimum Gasteiger partial charge on any atom is -0.444 e. The maximum absolute atomic E-state index is 12.5. The lowest BCUT2D eigenvalue weighted by Crippen LogP contribution is -2.44. The van der Waals surface area contributed by atoms with Gasteiger partial charge in [0.25, 0.3) is 0 Å². The van der Waals surface area contributed by atoms with Crippen molar-refractivity contribution in [2.24, 2.45) is 5.92 Å².